The minimum atomic E-state index is -1.65. The van der Waals surface area contributed by atoms with Crippen molar-refractivity contribution in [1.29, 1.82) is 0 Å². The second-order valence-electron chi connectivity index (χ2n) is 13.3. The molecule has 1 heterocycles. The molecule has 0 spiro atoms. The van der Waals surface area contributed by atoms with Crippen LogP contribution in [0.4, 0.5) is 0 Å². The number of ether oxygens (including phenoxy) is 2. The van der Waals surface area contributed by atoms with E-state index in [-0.39, 0.29) is 6.42 Å². The molecule has 0 bridgehead atoms. The first-order chi connectivity index (χ1) is 22.2. The Morgan fingerprint density at radius 2 is 1.13 bits per heavy atom. The molecule has 0 aromatic heterocycles. The van der Waals surface area contributed by atoms with Crippen LogP contribution in [0, 0.1) is 0 Å². The summed E-state index contributed by atoms with van der Waals surface area (Å²) < 4.78 is 10.9. The summed E-state index contributed by atoms with van der Waals surface area (Å²) in [6.07, 6.45) is 11.3. The molecule has 1 aliphatic rings. The summed E-state index contributed by atoms with van der Waals surface area (Å²) in [5.74, 6) is -0.705. The summed E-state index contributed by atoms with van der Waals surface area (Å²) in [4.78, 5) is 12.8. The molecule has 0 aliphatic carbocycles. The van der Waals surface area contributed by atoms with E-state index in [1.807, 2.05) is 6.92 Å². The number of unbranched alkanes of at least 4 members (excludes halogenated alkanes) is 17. The predicted octanol–water partition coefficient (Wildman–Crippen LogP) is 3.60. The van der Waals surface area contributed by atoms with Crippen LogP contribution in [0.25, 0.3) is 0 Å². The Hall–Kier alpha value is -0.890. The van der Waals surface area contributed by atoms with Crippen molar-refractivity contribution in [2.45, 2.75) is 204 Å². The Morgan fingerprint density at radius 3 is 1.63 bits per heavy atom. The van der Waals surface area contributed by atoms with Crippen LogP contribution in [-0.4, -0.2) is 110 Å². The molecule has 9 unspecified atom stereocenters. The molecular formula is C35H69NO10. The average molecular weight is 664 g/mol. The number of carbonyl (C=O) groups is 1. The van der Waals surface area contributed by atoms with Crippen LogP contribution in [-0.2, 0) is 14.3 Å². The van der Waals surface area contributed by atoms with Gasteiger partial charge >= 0.3 is 0 Å². The van der Waals surface area contributed by atoms with Gasteiger partial charge in [0.1, 0.15) is 36.6 Å². The Labute approximate surface area is 278 Å². The van der Waals surface area contributed by atoms with E-state index in [1.54, 1.807) is 0 Å². The summed E-state index contributed by atoms with van der Waals surface area (Å²) in [7, 11) is 0. The number of nitrogens with one attached hydrogen (secondary N) is 1. The Kier molecular flexibility index (Phi) is 25.3. The third-order valence-corrected chi connectivity index (χ3v) is 9.16. The molecule has 8 N–H and O–H groups in total. The van der Waals surface area contributed by atoms with E-state index in [0.29, 0.717) is 19.3 Å². The highest BCUT2D eigenvalue weighted by molar-refractivity contribution is 5.80. The van der Waals surface area contributed by atoms with Crippen molar-refractivity contribution < 1.29 is 50.0 Å². The SMILES string of the molecule is CCCCCCCCCCCCCCCCCCC(O)C(=O)NC(COC1OC(CO)C(O)C(O)C1O)C(O)C(O)CCCCC. The maximum absolute atomic E-state index is 12.8. The zero-order valence-corrected chi connectivity index (χ0v) is 28.8. The molecule has 1 amide bonds. The van der Waals surface area contributed by atoms with E-state index >= 15 is 0 Å². The summed E-state index contributed by atoms with van der Waals surface area (Å²) in [6, 6.07) is -1.16. The lowest BCUT2D eigenvalue weighted by molar-refractivity contribution is -0.303. The summed E-state index contributed by atoms with van der Waals surface area (Å²) in [5.41, 5.74) is 0. The number of carbonyl (C=O) groups excluding carboxylic acids is 1. The van der Waals surface area contributed by atoms with Gasteiger partial charge in [-0.15, -0.1) is 0 Å². The molecule has 1 rings (SSSR count). The molecule has 0 saturated carbocycles. The van der Waals surface area contributed by atoms with Crippen molar-refractivity contribution in [2.24, 2.45) is 0 Å². The van der Waals surface area contributed by atoms with Crippen LogP contribution < -0.4 is 5.32 Å². The van der Waals surface area contributed by atoms with Crippen molar-refractivity contribution in [3.05, 3.63) is 0 Å². The van der Waals surface area contributed by atoms with E-state index in [0.717, 1.165) is 32.1 Å². The Morgan fingerprint density at radius 1 is 0.674 bits per heavy atom. The van der Waals surface area contributed by atoms with Crippen LogP contribution in [0.15, 0.2) is 0 Å². The van der Waals surface area contributed by atoms with Crippen LogP contribution in [0.1, 0.15) is 149 Å². The van der Waals surface area contributed by atoms with Crippen LogP contribution >= 0.6 is 0 Å². The van der Waals surface area contributed by atoms with Gasteiger partial charge in [0.2, 0.25) is 5.91 Å². The van der Waals surface area contributed by atoms with Crippen molar-refractivity contribution in [3.8, 4) is 0 Å². The fourth-order valence-corrected chi connectivity index (χ4v) is 5.97. The maximum atomic E-state index is 12.8. The molecule has 0 aromatic carbocycles. The molecule has 11 heteroatoms. The van der Waals surface area contributed by atoms with Crippen molar-refractivity contribution >= 4 is 5.91 Å². The minimum absolute atomic E-state index is 0.264. The standard InChI is InChI=1S/C35H69NO10/c1-3-5-7-8-9-10-11-12-13-14-15-16-17-18-19-21-23-28(39)34(44)36-26(30(40)27(38)22-20-6-4-2)25-45-35-33(43)32(42)31(41)29(24-37)46-35/h26-33,35,37-43H,3-25H2,1-2H3,(H,36,44). The smallest absolute Gasteiger partial charge is 0.249 e. The van der Waals surface area contributed by atoms with Gasteiger partial charge in [-0.1, -0.05) is 136 Å². The third kappa shape index (κ3) is 18.0. The summed E-state index contributed by atoms with van der Waals surface area (Å²) in [5, 5.41) is 74.3. The fraction of sp³-hybridized carbons (Fsp3) is 0.971. The molecule has 1 fully saturated rings. The second kappa shape index (κ2) is 27.0. The highest BCUT2D eigenvalue weighted by Gasteiger charge is 2.44. The van der Waals surface area contributed by atoms with Crippen molar-refractivity contribution in [2.75, 3.05) is 13.2 Å². The zero-order valence-electron chi connectivity index (χ0n) is 28.8. The Balaban J connectivity index is 2.40. The molecule has 0 radical (unpaired) electrons. The number of amides is 1. The molecule has 1 saturated heterocycles. The summed E-state index contributed by atoms with van der Waals surface area (Å²) in [6.45, 7) is 3.21. The van der Waals surface area contributed by atoms with E-state index < -0.39 is 74.2 Å². The maximum Gasteiger partial charge on any atom is 0.249 e. The van der Waals surface area contributed by atoms with Gasteiger partial charge < -0.3 is 50.5 Å². The van der Waals surface area contributed by atoms with Gasteiger partial charge in [-0.3, -0.25) is 4.79 Å². The minimum Gasteiger partial charge on any atom is -0.394 e. The molecule has 0 aromatic rings. The number of aliphatic hydroxyl groups is 7. The van der Waals surface area contributed by atoms with E-state index in [4.69, 9.17) is 9.47 Å². The zero-order chi connectivity index (χ0) is 34.2. The molecule has 46 heavy (non-hydrogen) atoms. The van der Waals surface area contributed by atoms with Crippen LogP contribution in [0.2, 0.25) is 0 Å². The van der Waals surface area contributed by atoms with Gasteiger partial charge in [-0.2, -0.15) is 0 Å². The van der Waals surface area contributed by atoms with Crippen molar-refractivity contribution in [1.82, 2.24) is 5.32 Å². The lowest BCUT2D eigenvalue weighted by atomic mass is 9.98. The quantitative estimate of drug-likeness (QED) is 0.0549. The number of hydrogen-bond acceptors (Lipinski definition) is 10. The lowest BCUT2D eigenvalue weighted by Crippen LogP contribution is -2.60. The van der Waals surface area contributed by atoms with Crippen LogP contribution in [0.3, 0.4) is 0 Å². The van der Waals surface area contributed by atoms with Gasteiger partial charge in [0.15, 0.2) is 6.29 Å². The first-order valence-electron chi connectivity index (χ1n) is 18.4. The van der Waals surface area contributed by atoms with Gasteiger partial charge in [0, 0.05) is 0 Å². The van der Waals surface area contributed by atoms with Gasteiger partial charge in [0.25, 0.3) is 0 Å². The monoisotopic (exact) mass is 663 g/mol. The van der Waals surface area contributed by atoms with Gasteiger partial charge in [0.05, 0.1) is 25.4 Å². The Bertz CT molecular complexity index is 729. The highest BCUT2D eigenvalue weighted by atomic mass is 16.7. The molecule has 9 atom stereocenters. The summed E-state index contributed by atoms with van der Waals surface area (Å²) >= 11 is 0. The first-order valence-corrected chi connectivity index (χ1v) is 18.4. The average Bonchev–Trinajstić information content (AvgIpc) is 3.05. The largest absolute Gasteiger partial charge is 0.394 e. The number of rotatable bonds is 29. The van der Waals surface area contributed by atoms with E-state index in [9.17, 15) is 40.5 Å². The highest BCUT2D eigenvalue weighted by Crippen LogP contribution is 2.23. The molecule has 274 valence electrons. The van der Waals surface area contributed by atoms with Gasteiger partial charge in [-0.25, -0.2) is 0 Å². The van der Waals surface area contributed by atoms with E-state index in [2.05, 4.69) is 12.2 Å². The van der Waals surface area contributed by atoms with Crippen LogP contribution in [0.5, 0.6) is 0 Å². The molecular weight excluding hydrogens is 594 g/mol. The first kappa shape index (κ1) is 43.1. The fourth-order valence-electron chi connectivity index (χ4n) is 5.97. The predicted molar refractivity (Wildman–Crippen MR) is 178 cm³/mol. The normalized spacial score (nSPS) is 24.4. The number of aliphatic hydroxyl groups excluding tert-OH is 7. The molecule has 1 aliphatic heterocycles. The topological polar surface area (TPSA) is 189 Å². The third-order valence-electron chi connectivity index (χ3n) is 9.16. The van der Waals surface area contributed by atoms with Crippen molar-refractivity contribution in [3.63, 3.8) is 0 Å². The number of hydrogen-bond donors (Lipinski definition) is 8. The van der Waals surface area contributed by atoms with E-state index in [1.165, 1.54) is 77.0 Å². The lowest BCUT2D eigenvalue weighted by Gasteiger charge is -2.40. The van der Waals surface area contributed by atoms with Gasteiger partial charge in [-0.05, 0) is 12.8 Å². The second-order valence-corrected chi connectivity index (χ2v) is 13.3. The molecule has 11 nitrogen and oxygen atoms in total.